The summed E-state index contributed by atoms with van der Waals surface area (Å²) < 4.78 is 0.811. The van der Waals surface area contributed by atoms with Gasteiger partial charge in [0.15, 0.2) is 9.50 Å². The highest BCUT2D eigenvalue weighted by Gasteiger charge is 2.02. The maximum absolute atomic E-state index is 5.49. The van der Waals surface area contributed by atoms with E-state index in [1.165, 1.54) is 23.1 Å². The van der Waals surface area contributed by atoms with Gasteiger partial charge in [-0.25, -0.2) is 9.97 Å². The van der Waals surface area contributed by atoms with Gasteiger partial charge in [0.05, 0.1) is 0 Å². The Morgan fingerprint density at radius 1 is 1.46 bits per heavy atom. The van der Waals surface area contributed by atoms with Crippen molar-refractivity contribution in [2.24, 2.45) is 0 Å². The molecule has 66 valence electrons. The minimum Gasteiger partial charge on any atom is -0.384 e. The monoisotopic (exact) mass is 211 g/mol. The molecule has 0 unspecified atom stereocenters. The van der Waals surface area contributed by atoms with E-state index in [0.29, 0.717) is 11.0 Å². The van der Waals surface area contributed by atoms with Gasteiger partial charge in [0.2, 0.25) is 0 Å². The van der Waals surface area contributed by atoms with E-state index in [0.717, 1.165) is 4.34 Å². The Hall–Kier alpha value is -1.21. The number of aromatic nitrogens is 4. The molecule has 2 aromatic rings. The second kappa shape index (κ2) is 3.67. The van der Waals surface area contributed by atoms with Crippen LogP contribution in [0.2, 0.25) is 0 Å². The van der Waals surface area contributed by atoms with E-state index >= 15 is 0 Å². The molecule has 0 aliphatic heterocycles. The van der Waals surface area contributed by atoms with Crippen LogP contribution in [-0.2, 0) is 0 Å². The molecule has 0 fully saturated rings. The molecular formula is C6H5N5S2. The van der Waals surface area contributed by atoms with Crippen molar-refractivity contribution in [1.82, 2.24) is 20.2 Å². The third-order valence-corrected chi connectivity index (χ3v) is 2.83. The molecule has 2 heterocycles. The van der Waals surface area contributed by atoms with Crippen LogP contribution in [-0.4, -0.2) is 20.2 Å². The summed E-state index contributed by atoms with van der Waals surface area (Å²) >= 11 is 2.79. The van der Waals surface area contributed by atoms with E-state index in [4.69, 9.17) is 5.73 Å². The largest absolute Gasteiger partial charge is 0.384 e. The minimum atomic E-state index is 0.460. The molecule has 0 aliphatic carbocycles. The first kappa shape index (κ1) is 8.39. The summed E-state index contributed by atoms with van der Waals surface area (Å²) in [5.41, 5.74) is 7.15. The number of nitrogen functional groups attached to an aromatic ring is 1. The number of anilines is 1. The molecule has 2 rings (SSSR count). The zero-order valence-corrected chi connectivity index (χ0v) is 8.05. The van der Waals surface area contributed by atoms with Gasteiger partial charge in [0.1, 0.15) is 11.3 Å². The van der Waals surface area contributed by atoms with Gasteiger partial charge < -0.3 is 5.73 Å². The first-order valence-electron chi connectivity index (χ1n) is 3.37. The fourth-order valence-electron chi connectivity index (χ4n) is 0.689. The third-order valence-electron chi connectivity index (χ3n) is 1.17. The summed E-state index contributed by atoms with van der Waals surface area (Å²) in [5, 5.41) is 8.15. The summed E-state index contributed by atoms with van der Waals surface area (Å²) in [7, 11) is 0. The van der Waals surface area contributed by atoms with Crippen LogP contribution in [0.15, 0.2) is 27.3 Å². The standard InChI is InChI=1S/C6H5N5S2/c7-4-1-2-8-5(10-4)13-6-11-9-3-12-6/h1-3H,(H2,7,8,10). The molecular weight excluding hydrogens is 206 g/mol. The molecule has 2 aromatic heterocycles. The molecule has 0 aliphatic rings. The number of nitrogens with zero attached hydrogens (tertiary/aromatic N) is 4. The SMILES string of the molecule is Nc1ccnc(Sc2nncs2)n1. The molecule has 0 saturated carbocycles. The highest BCUT2D eigenvalue weighted by atomic mass is 32.2. The highest BCUT2D eigenvalue weighted by molar-refractivity contribution is 8.00. The Labute approximate surface area is 82.4 Å². The summed E-state index contributed by atoms with van der Waals surface area (Å²) in [6, 6.07) is 1.64. The van der Waals surface area contributed by atoms with E-state index < -0.39 is 0 Å². The Kier molecular flexibility index (Phi) is 2.37. The second-order valence-electron chi connectivity index (χ2n) is 2.07. The van der Waals surface area contributed by atoms with Crippen molar-refractivity contribution in [2.75, 3.05) is 5.73 Å². The van der Waals surface area contributed by atoms with Crippen molar-refractivity contribution in [3.05, 3.63) is 17.8 Å². The van der Waals surface area contributed by atoms with E-state index in [1.807, 2.05) is 0 Å². The third kappa shape index (κ3) is 2.13. The van der Waals surface area contributed by atoms with Gasteiger partial charge in [0, 0.05) is 6.20 Å². The fraction of sp³-hybridized carbons (Fsp3) is 0. The summed E-state index contributed by atoms with van der Waals surface area (Å²) in [5.74, 6) is 0.460. The molecule has 0 bridgehead atoms. The van der Waals surface area contributed by atoms with Crippen LogP contribution in [0.4, 0.5) is 5.82 Å². The van der Waals surface area contributed by atoms with Crippen molar-refractivity contribution in [1.29, 1.82) is 0 Å². The number of nitrogens with two attached hydrogens (primary N) is 1. The van der Waals surface area contributed by atoms with Crippen molar-refractivity contribution in [3.63, 3.8) is 0 Å². The van der Waals surface area contributed by atoms with Crippen molar-refractivity contribution in [3.8, 4) is 0 Å². The fourth-order valence-corrected chi connectivity index (χ4v) is 2.02. The van der Waals surface area contributed by atoms with Crippen LogP contribution < -0.4 is 5.73 Å². The molecule has 13 heavy (non-hydrogen) atoms. The number of rotatable bonds is 2. The zero-order chi connectivity index (χ0) is 9.10. The van der Waals surface area contributed by atoms with E-state index in [1.54, 1.807) is 17.8 Å². The average Bonchev–Trinajstić information content (AvgIpc) is 2.57. The topological polar surface area (TPSA) is 77.6 Å². The van der Waals surface area contributed by atoms with Gasteiger partial charge in [-0.2, -0.15) is 0 Å². The van der Waals surface area contributed by atoms with E-state index in [9.17, 15) is 0 Å². The smallest absolute Gasteiger partial charge is 0.196 e. The van der Waals surface area contributed by atoms with Gasteiger partial charge in [-0.15, -0.1) is 10.2 Å². The van der Waals surface area contributed by atoms with Crippen LogP contribution in [0.5, 0.6) is 0 Å². The van der Waals surface area contributed by atoms with Gasteiger partial charge in [-0.3, -0.25) is 0 Å². The van der Waals surface area contributed by atoms with E-state index in [2.05, 4.69) is 20.2 Å². The van der Waals surface area contributed by atoms with E-state index in [-0.39, 0.29) is 0 Å². The number of hydrogen-bond donors (Lipinski definition) is 1. The predicted molar refractivity (Wildman–Crippen MR) is 50.5 cm³/mol. The average molecular weight is 211 g/mol. The van der Waals surface area contributed by atoms with Crippen LogP contribution in [0.3, 0.4) is 0 Å². The molecule has 2 N–H and O–H groups in total. The molecule has 5 nitrogen and oxygen atoms in total. The lowest BCUT2D eigenvalue weighted by Crippen LogP contribution is -1.92. The minimum absolute atomic E-state index is 0.460. The van der Waals surface area contributed by atoms with Gasteiger partial charge >= 0.3 is 0 Å². The second-order valence-corrected chi connectivity index (χ2v) is 4.12. The lowest BCUT2D eigenvalue weighted by molar-refractivity contribution is 0.960. The summed E-state index contributed by atoms with van der Waals surface area (Å²) in [6.45, 7) is 0. The number of hydrogen-bond acceptors (Lipinski definition) is 7. The molecule has 0 aromatic carbocycles. The molecule has 0 spiro atoms. The van der Waals surface area contributed by atoms with Gasteiger partial charge in [-0.05, 0) is 17.8 Å². The van der Waals surface area contributed by atoms with Gasteiger partial charge in [0.25, 0.3) is 0 Å². The van der Waals surface area contributed by atoms with Crippen molar-refractivity contribution < 1.29 is 0 Å². The lowest BCUT2D eigenvalue weighted by Gasteiger charge is -1.95. The Balaban J connectivity index is 2.19. The van der Waals surface area contributed by atoms with Crippen LogP contribution in [0.25, 0.3) is 0 Å². The summed E-state index contributed by atoms with van der Waals surface area (Å²) in [4.78, 5) is 8.04. The Bertz CT molecular complexity index is 388. The van der Waals surface area contributed by atoms with Crippen molar-refractivity contribution in [2.45, 2.75) is 9.50 Å². The Morgan fingerprint density at radius 3 is 3.08 bits per heavy atom. The normalized spacial score (nSPS) is 10.2. The zero-order valence-electron chi connectivity index (χ0n) is 6.41. The van der Waals surface area contributed by atoms with Gasteiger partial charge in [-0.1, -0.05) is 11.3 Å². The lowest BCUT2D eigenvalue weighted by atomic mass is 10.6. The Morgan fingerprint density at radius 2 is 2.38 bits per heavy atom. The first-order chi connectivity index (χ1) is 6.34. The molecule has 0 radical (unpaired) electrons. The molecule has 0 saturated heterocycles. The molecule has 0 atom stereocenters. The van der Waals surface area contributed by atoms with Crippen molar-refractivity contribution >= 4 is 28.9 Å². The van der Waals surface area contributed by atoms with Crippen LogP contribution in [0.1, 0.15) is 0 Å². The molecule has 7 heteroatoms. The summed E-state index contributed by atoms with van der Waals surface area (Å²) in [6.07, 6.45) is 1.62. The quantitative estimate of drug-likeness (QED) is 0.748. The first-order valence-corrected chi connectivity index (χ1v) is 5.07. The predicted octanol–water partition coefficient (Wildman–Crippen LogP) is 1.06. The molecule has 0 amide bonds. The maximum Gasteiger partial charge on any atom is 0.196 e. The van der Waals surface area contributed by atoms with Crippen LogP contribution >= 0.6 is 23.1 Å². The van der Waals surface area contributed by atoms with Crippen LogP contribution in [0, 0.1) is 0 Å². The maximum atomic E-state index is 5.49. The highest BCUT2D eigenvalue weighted by Crippen LogP contribution is 2.25.